The van der Waals surface area contributed by atoms with Gasteiger partial charge in [-0.2, -0.15) is 0 Å². The van der Waals surface area contributed by atoms with Crippen molar-refractivity contribution in [1.82, 2.24) is 5.32 Å². The van der Waals surface area contributed by atoms with Crippen LogP contribution in [-0.4, -0.2) is 12.6 Å². The third-order valence-corrected chi connectivity index (χ3v) is 4.56. The molecule has 3 heteroatoms. The molecule has 0 spiro atoms. The smallest absolute Gasteiger partial charge is 0.127 e. The largest absolute Gasteiger partial charge is 0.314 e. The quantitative estimate of drug-likeness (QED) is 0.825. The molecular formula is C15H21BrFN. The van der Waals surface area contributed by atoms with Crippen LogP contribution in [0.3, 0.4) is 0 Å². The summed E-state index contributed by atoms with van der Waals surface area (Å²) in [6.07, 6.45) is 4.41. The van der Waals surface area contributed by atoms with Crippen molar-refractivity contribution in [2.75, 3.05) is 6.54 Å². The molecule has 0 aliphatic heterocycles. The molecule has 1 aromatic carbocycles. The van der Waals surface area contributed by atoms with Gasteiger partial charge in [0.1, 0.15) is 5.82 Å². The first-order valence-corrected chi connectivity index (χ1v) is 7.54. The van der Waals surface area contributed by atoms with Gasteiger partial charge in [-0.05, 0) is 62.3 Å². The fraction of sp³-hybridized carbons (Fsp3) is 0.600. The van der Waals surface area contributed by atoms with Crippen LogP contribution in [0.15, 0.2) is 22.7 Å². The molecule has 2 rings (SSSR count). The third kappa shape index (κ3) is 3.12. The Morgan fingerprint density at radius 2 is 2.17 bits per heavy atom. The second-order valence-electron chi connectivity index (χ2n) is 5.45. The van der Waals surface area contributed by atoms with E-state index in [1.165, 1.54) is 12.8 Å². The summed E-state index contributed by atoms with van der Waals surface area (Å²) < 4.78 is 14.7. The van der Waals surface area contributed by atoms with E-state index >= 15 is 0 Å². The molecule has 1 saturated carbocycles. The van der Waals surface area contributed by atoms with Crippen LogP contribution in [0.5, 0.6) is 0 Å². The maximum atomic E-state index is 13.9. The molecule has 1 fully saturated rings. The van der Waals surface area contributed by atoms with Crippen molar-refractivity contribution in [2.45, 2.75) is 45.6 Å². The lowest BCUT2D eigenvalue weighted by Crippen LogP contribution is -2.36. The van der Waals surface area contributed by atoms with Crippen molar-refractivity contribution < 1.29 is 4.39 Å². The lowest BCUT2D eigenvalue weighted by atomic mass is 9.89. The fourth-order valence-corrected chi connectivity index (χ4v) is 2.88. The van der Waals surface area contributed by atoms with Gasteiger partial charge in [-0.25, -0.2) is 4.39 Å². The summed E-state index contributed by atoms with van der Waals surface area (Å²) in [6.45, 7) is 5.46. The van der Waals surface area contributed by atoms with Crippen LogP contribution in [0.2, 0.25) is 0 Å². The van der Waals surface area contributed by atoms with Crippen LogP contribution >= 0.6 is 15.9 Å². The molecule has 0 amide bonds. The Bertz CT molecular complexity index is 415. The van der Waals surface area contributed by atoms with Crippen LogP contribution in [-0.2, 0) is 6.42 Å². The Morgan fingerprint density at radius 1 is 1.44 bits per heavy atom. The van der Waals surface area contributed by atoms with E-state index < -0.39 is 0 Å². The highest BCUT2D eigenvalue weighted by atomic mass is 79.9. The predicted octanol–water partition coefficient (Wildman–Crippen LogP) is 4.30. The summed E-state index contributed by atoms with van der Waals surface area (Å²) in [7, 11) is 0. The van der Waals surface area contributed by atoms with E-state index in [-0.39, 0.29) is 11.2 Å². The van der Waals surface area contributed by atoms with E-state index in [1.807, 2.05) is 12.1 Å². The molecule has 1 aliphatic rings. The Kier molecular flexibility index (Phi) is 4.44. The summed E-state index contributed by atoms with van der Waals surface area (Å²) in [6, 6.07) is 5.88. The van der Waals surface area contributed by atoms with E-state index in [0.717, 1.165) is 29.4 Å². The van der Waals surface area contributed by atoms with Crippen molar-refractivity contribution in [3.63, 3.8) is 0 Å². The molecule has 1 N–H and O–H groups in total. The molecule has 1 aliphatic carbocycles. The van der Waals surface area contributed by atoms with Gasteiger partial charge >= 0.3 is 0 Å². The van der Waals surface area contributed by atoms with Crippen molar-refractivity contribution in [3.05, 3.63) is 34.1 Å². The van der Waals surface area contributed by atoms with Crippen LogP contribution in [0.25, 0.3) is 0 Å². The van der Waals surface area contributed by atoms with Crippen molar-refractivity contribution in [2.24, 2.45) is 5.41 Å². The molecule has 1 atom stereocenters. The normalized spacial score (nSPS) is 18.7. The highest BCUT2D eigenvalue weighted by Gasteiger charge is 2.47. The molecule has 0 radical (unpaired) electrons. The minimum absolute atomic E-state index is 0.0849. The Balaban J connectivity index is 2.04. The standard InChI is InChI=1S/C15H21BrFN/c1-3-8-18-11(2)15(6-7-15)10-12-4-5-13(16)9-14(12)17/h4-5,9,11,18H,3,6-8,10H2,1-2H3. The molecule has 0 aromatic heterocycles. The lowest BCUT2D eigenvalue weighted by Gasteiger charge is -2.25. The van der Waals surface area contributed by atoms with E-state index in [0.29, 0.717) is 6.04 Å². The highest BCUT2D eigenvalue weighted by molar-refractivity contribution is 9.10. The zero-order valence-corrected chi connectivity index (χ0v) is 12.7. The van der Waals surface area contributed by atoms with Gasteiger partial charge in [0.05, 0.1) is 0 Å². The third-order valence-electron chi connectivity index (χ3n) is 4.07. The Morgan fingerprint density at radius 3 is 2.72 bits per heavy atom. The zero-order chi connectivity index (χ0) is 13.2. The Hall–Kier alpha value is -0.410. The van der Waals surface area contributed by atoms with Gasteiger partial charge < -0.3 is 5.32 Å². The zero-order valence-electron chi connectivity index (χ0n) is 11.1. The summed E-state index contributed by atoms with van der Waals surface area (Å²) in [5.41, 5.74) is 1.13. The monoisotopic (exact) mass is 313 g/mol. The minimum atomic E-state index is -0.0849. The first-order chi connectivity index (χ1) is 8.57. The number of benzene rings is 1. The van der Waals surface area contributed by atoms with E-state index in [9.17, 15) is 4.39 Å². The van der Waals surface area contributed by atoms with E-state index in [1.54, 1.807) is 6.07 Å². The molecule has 100 valence electrons. The summed E-state index contributed by atoms with van der Waals surface area (Å²) in [4.78, 5) is 0. The fourth-order valence-electron chi connectivity index (χ4n) is 2.55. The summed E-state index contributed by atoms with van der Waals surface area (Å²) in [5, 5.41) is 3.55. The van der Waals surface area contributed by atoms with Crippen LogP contribution < -0.4 is 5.32 Å². The van der Waals surface area contributed by atoms with Gasteiger partial charge in [0.25, 0.3) is 0 Å². The van der Waals surface area contributed by atoms with Crippen LogP contribution in [0, 0.1) is 11.2 Å². The molecular weight excluding hydrogens is 293 g/mol. The SMILES string of the molecule is CCCNC(C)C1(Cc2ccc(Br)cc2F)CC1. The highest BCUT2D eigenvalue weighted by Crippen LogP contribution is 2.51. The minimum Gasteiger partial charge on any atom is -0.314 e. The second-order valence-corrected chi connectivity index (χ2v) is 6.37. The number of hydrogen-bond acceptors (Lipinski definition) is 1. The van der Waals surface area contributed by atoms with Crippen LogP contribution in [0.1, 0.15) is 38.7 Å². The van der Waals surface area contributed by atoms with Gasteiger partial charge in [-0.15, -0.1) is 0 Å². The Labute approximate surface area is 117 Å². The number of halogens is 2. The number of rotatable bonds is 6. The molecule has 1 aromatic rings. The maximum absolute atomic E-state index is 13.9. The first-order valence-electron chi connectivity index (χ1n) is 6.75. The lowest BCUT2D eigenvalue weighted by molar-refractivity contribution is 0.346. The van der Waals surface area contributed by atoms with Gasteiger partial charge in [0.2, 0.25) is 0 Å². The van der Waals surface area contributed by atoms with E-state index in [4.69, 9.17) is 0 Å². The average molecular weight is 314 g/mol. The van der Waals surface area contributed by atoms with Gasteiger partial charge in [0.15, 0.2) is 0 Å². The maximum Gasteiger partial charge on any atom is 0.127 e. The summed E-state index contributed by atoms with van der Waals surface area (Å²) >= 11 is 3.30. The molecule has 0 heterocycles. The van der Waals surface area contributed by atoms with Crippen LogP contribution in [0.4, 0.5) is 4.39 Å². The van der Waals surface area contributed by atoms with Crippen molar-refractivity contribution in [3.8, 4) is 0 Å². The molecule has 18 heavy (non-hydrogen) atoms. The number of nitrogens with one attached hydrogen (secondary N) is 1. The average Bonchev–Trinajstić information content (AvgIpc) is 3.11. The second kappa shape index (κ2) is 5.70. The molecule has 0 bridgehead atoms. The van der Waals surface area contributed by atoms with Gasteiger partial charge in [-0.1, -0.05) is 28.9 Å². The van der Waals surface area contributed by atoms with E-state index in [2.05, 4.69) is 35.1 Å². The van der Waals surface area contributed by atoms with Crippen molar-refractivity contribution >= 4 is 15.9 Å². The van der Waals surface area contributed by atoms with Gasteiger partial charge in [0, 0.05) is 10.5 Å². The first kappa shape index (κ1) is 14.0. The van der Waals surface area contributed by atoms with Crippen molar-refractivity contribution in [1.29, 1.82) is 0 Å². The molecule has 1 unspecified atom stereocenters. The number of hydrogen-bond donors (Lipinski definition) is 1. The molecule has 1 nitrogen and oxygen atoms in total. The molecule has 0 saturated heterocycles. The topological polar surface area (TPSA) is 12.0 Å². The van der Waals surface area contributed by atoms with Gasteiger partial charge in [-0.3, -0.25) is 0 Å². The predicted molar refractivity (Wildman–Crippen MR) is 77.2 cm³/mol. The summed E-state index contributed by atoms with van der Waals surface area (Å²) in [5.74, 6) is -0.0849.